The lowest BCUT2D eigenvalue weighted by Gasteiger charge is -2.33. The van der Waals surface area contributed by atoms with Crippen LogP contribution in [0.1, 0.15) is 30.6 Å². The first-order valence-electron chi connectivity index (χ1n) is 7.64. The second-order valence-electron chi connectivity index (χ2n) is 5.68. The van der Waals surface area contributed by atoms with Crippen molar-refractivity contribution in [2.45, 2.75) is 31.7 Å². The first kappa shape index (κ1) is 21.7. The Morgan fingerprint density at radius 3 is 1.19 bits per heavy atom. The molecule has 0 spiro atoms. The van der Waals surface area contributed by atoms with E-state index in [-0.39, 0.29) is 44.8 Å². The molecule has 4 atom stereocenters. The zero-order valence-electron chi connectivity index (χ0n) is 13.3. The van der Waals surface area contributed by atoms with Gasteiger partial charge in [-0.3, -0.25) is 9.59 Å². The summed E-state index contributed by atoms with van der Waals surface area (Å²) in [5.41, 5.74) is 1.90. The number of β-lactam (4-membered cyclic amide) rings is 2. The average Bonchev–Trinajstić information content (AvgIpc) is 2.65. The predicted molar refractivity (Wildman–Crippen MR) is 104 cm³/mol. The minimum absolute atomic E-state index is 0. The molecule has 4 rings (SSSR count). The molecule has 0 unspecified atom stereocenters. The first-order valence-corrected chi connectivity index (χ1v) is 7.64. The van der Waals surface area contributed by atoms with E-state index < -0.39 is 12.2 Å². The van der Waals surface area contributed by atoms with Crippen molar-refractivity contribution < 1.29 is 19.8 Å². The smallest absolute Gasteiger partial charge is 0.251 e. The van der Waals surface area contributed by atoms with Crippen molar-refractivity contribution in [2.75, 3.05) is 0 Å². The molecule has 6 nitrogen and oxygen atoms in total. The van der Waals surface area contributed by atoms with Crippen molar-refractivity contribution in [3.63, 3.8) is 0 Å². The van der Waals surface area contributed by atoms with Gasteiger partial charge in [-0.25, -0.2) is 0 Å². The van der Waals surface area contributed by atoms with Gasteiger partial charge in [0, 0.05) is 0 Å². The van der Waals surface area contributed by atoms with E-state index in [4.69, 9.17) is 0 Å². The van der Waals surface area contributed by atoms with Crippen LogP contribution in [-0.4, -0.2) is 34.2 Å². The fourth-order valence-electron chi connectivity index (χ4n) is 2.60. The number of carbonyl (C=O) groups excluding carboxylic acids is 2. The van der Waals surface area contributed by atoms with Crippen LogP contribution < -0.4 is 10.6 Å². The second kappa shape index (κ2) is 9.38. The SMILES string of the molecule is C.O=C1N[C@@H](c2ccccc2)[C@H]1O.O=C1N[C@@H](c2ccccc2)[C@H]1O.S. The fraction of sp³-hybridized carbons (Fsp3) is 0.263. The lowest BCUT2D eigenvalue weighted by molar-refractivity contribution is -0.143. The zero-order valence-corrected chi connectivity index (χ0v) is 14.3. The Kier molecular flexibility index (Phi) is 7.82. The maximum atomic E-state index is 10.7. The standard InChI is InChI=1S/2C9H9NO2.CH4.H2S/c2*11-8-7(10-9(8)12)6-4-2-1-3-5-6;;/h2*1-5,7-8,11H,(H,10,12);1H4;1H2/t2*7-,8+;;/m00../s1. The maximum absolute atomic E-state index is 10.7. The number of amides is 2. The Morgan fingerprint density at radius 2 is 0.962 bits per heavy atom. The van der Waals surface area contributed by atoms with Crippen molar-refractivity contribution in [1.82, 2.24) is 10.6 Å². The van der Waals surface area contributed by atoms with Gasteiger partial charge >= 0.3 is 0 Å². The number of hydrogen-bond donors (Lipinski definition) is 4. The number of benzene rings is 2. The third-order valence-electron chi connectivity index (χ3n) is 4.08. The second-order valence-corrected chi connectivity index (χ2v) is 5.68. The van der Waals surface area contributed by atoms with Crippen LogP contribution in [0.2, 0.25) is 0 Å². The Morgan fingerprint density at radius 1 is 0.654 bits per heavy atom. The third kappa shape index (κ3) is 4.43. The molecule has 2 heterocycles. The highest BCUT2D eigenvalue weighted by molar-refractivity contribution is 7.59. The average molecular weight is 376 g/mol. The van der Waals surface area contributed by atoms with Gasteiger partial charge in [-0.1, -0.05) is 68.1 Å². The minimum Gasteiger partial charge on any atom is -0.381 e. The van der Waals surface area contributed by atoms with E-state index in [1.807, 2.05) is 60.7 Å². The molecule has 0 saturated carbocycles. The van der Waals surface area contributed by atoms with Crippen LogP contribution in [0, 0.1) is 0 Å². The molecule has 2 saturated heterocycles. The number of aliphatic hydroxyl groups excluding tert-OH is 2. The Bertz CT molecular complexity index is 663. The van der Waals surface area contributed by atoms with E-state index in [2.05, 4.69) is 10.6 Å². The first-order chi connectivity index (χ1) is 11.6. The molecule has 140 valence electrons. The molecule has 0 aliphatic carbocycles. The number of carbonyl (C=O) groups is 2. The molecule has 7 heteroatoms. The molecule has 26 heavy (non-hydrogen) atoms. The zero-order chi connectivity index (χ0) is 17.1. The van der Waals surface area contributed by atoms with Crippen LogP contribution in [0.3, 0.4) is 0 Å². The van der Waals surface area contributed by atoms with Crippen LogP contribution >= 0.6 is 13.5 Å². The number of nitrogens with one attached hydrogen (secondary N) is 2. The van der Waals surface area contributed by atoms with Crippen molar-refractivity contribution in [1.29, 1.82) is 0 Å². The number of rotatable bonds is 2. The van der Waals surface area contributed by atoms with Crippen molar-refractivity contribution >= 4 is 25.3 Å². The van der Waals surface area contributed by atoms with Gasteiger partial charge < -0.3 is 20.8 Å². The summed E-state index contributed by atoms with van der Waals surface area (Å²) < 4.78 is 0. The van der Waals surface area contributed by atoms with E-state index in [9.17, 15) is 19.8 Å². The summed E-state index contributed by atoms with van der Waals surface area (Å²) in [4.78, 5) is 21.3. The molecule has 2 aromatic carbocycles. The molecule has 4 N–H and O–H groups in total. The summed E-state index contributed by atoms with van der Waals surface area (Å²) in [6, 6.07) is 18.4. The third-order valence-corrected chi connectivity index (χ3v) is 4.08. The monoisotopic (exact) mass is 376 g/mol. The summed E-state index contributed by atoms with van der Waals surface area (Å²) in [5, 5.41) is 23.7. The van der Waals surface area contributed by atoms with E-state index >= 15 is 0 Å². The molecule has 0 aromatic heterocycles. The van der Waals surface area contributed by atoms with Gasteiger partial charge in [0.05, 0.1) is 12.1 Å². The summed E-state index contributed by atoms with van der Waals surface area (Å²) in [7, 11) is 0. The minimum atomic E-state index is -0.868. The van der Waals surface area contributed by atoms with Gasteiger partial charge in [0.1, 0.15) is 0 Å². The molecule has 2 aliphatic rings. The molecule has 0 bridgehead atoms. The van der Waals surface area contributed by atoms with Crippen LogP contribution in [0.5, 0.6) is 0 Å². The van der Waals surface area contributed by atoms with Gasteiger partial charge in [0.15, 0.2) is 12.2 Å². The van der Waals surface area contributed by atoms with Gasteiger partial charge in [0.2, 0.25) is 0 Å². The summed E-state index contributed by atoms with van der Waals surface area (Å²) in [6.45, 7) is 0. The molecule has 0 radical (unpaired) electrons. The summed E-state index contributed by atoms with van der Waals surface area (Å²) >= 11 is 0. The highest BCUT2D eigenvalue weighted by Gasteiger charge is 2.38. The molecular weight excluding hydrogens is 352 g/mol. The van der Waals surface area contributed by atoms with Crippen molar-refractivity contribution in [3.05, 3.63) is 71.8 Å². The quantitative estimate of drug-likeness (QED) is 0.592. The van der Waals surface area contributed by atoms with Gasteiger partial charge in [-0.15, -0.1) is 0 Å². The summed E-state index contributed by atoms with van der Waals surface area (Å²) in [5.74, 6) is -0.576. The normalized spacial score (nSPS) is 25.5. The van der Waals surface area contributed by atoms with E-state index in [0.717, 1.165) is 11.1 Å². The highest BCUT2D eigenvalue weighted by atomic mass is 32.1. The number of aliphatic hydroxyl groups is 2. The van der Waals surface area contributed by atoms with Crippen LogP contribution in [0.15, 0.2) is 60.7 Å². The lowest BCUT2D eigenvalue weighted by Crippen LogP contribution is -2.55. The van der Waals surface area contributed by atoms with Crippen molar-refractivity contribution in [2.24, 2.45) is 0 Å². The van der Waals surface area contributed by atoms with Crippen LogP contribution in [-0.2, 0) is 9.59 Å². The van der Waals surface area contributed by atoms with Gasteiger partial charge in [-0.2, -0.15) is 13.5 Å². The lowest BCUT2D eigenvalue weighted by atomic mass is 9.94. The van der Waals surface area contributed by atoms with Crippen LogP contribution in [0.25, 0.3) is 0 Å². The topological polar surface area (TPSA) is 98.7 Å². The number of hydrogen-bond acceptors (Lipinski definition) is 4. The van der Waals surface area contributed by atoms with Crippen molar-refractivity contribution in [3.8, 4) is 0 Å². The van der Waals surface area contributed by atoms with E-state index in [1.54, 1.807) is 0 Å². The highest BCUT2D eigenvalue weighted by Crippen LogP contribution is 2.24. The molecule has 2 fully saturated rings. The molecule has 2 aromatic rings. The van der Waals surface area contributed by atoms with E-state index in [0.29, 0.717) is 0 Å². The predicted octanol–water partition coefficient (Wildman–Crippen LogP) is 1.19. The van der Waals surface area contributed by atoms with Gasteiger partial charge in [-0.05, 0) is 11.1 Å². The molecular formula is C19H24N2O4S. The van der Waals surface area contributed by atoms with Gasteiger partial charge in [0.25, 0.3) is 11.8 Å². The largest absolute Gasteiger partial charge is 0.381 e. The molecule has 2 amide bonds. The Labute approximate surface area is 159 Å². The fourth-order valence-corrected chi connectivity index (χ4v) is 2.60. The summed E-state index contributed by atoms with van der Waals surface area (Å²) in [6.07, 6.45) is -1.74. The molecule has 2 aliphatic heterocycles. The van der Waals surface area contributed by atoms with E-state index in [1.165, 1.54) is 0 Å². The maximum Gasteiger partial charge on any atom is 0.251 e. The Balaban J connectivity index is 0.000000241. The Hall–Kier alpha value is -2.35. The van der Waals surface area contributed by atoms with Crippen LogP contribution in [0.4, 0.5) is 0 Å².